The second-order valence-electron chi connectivity index (χ2n) is 5.09. The molecule has 114 valence electrons. The molecule has 0 aliphatic rings. The molecule has 0 amide bonds. The summed E-state index contributed by atoms with van der Waals surface area (Å²) in [5.41, 5.74) is 1.25. The number of benzene rings is 1. The van der Waals surface area contributed by atoms with Gasteiger partial charge < -0.3 is 5.32 Å². The lowest BCUT2D eigenvalue weighted by Gasteiger charge is -2.06. The van der Waals surface area contributed by atoms with Gasteiger partial charge in [0.2, 0.25) is 0 Å². The van der Waals surface area contributed by atoms with Gasteiger partial charge in [-0.3, -0.25) is 0 Å². The Morgan fingerprint density at radius 1 is 1.33 bits per heavy atom. The number of hydrogen-bond donors (Lipinski definition) is 1. The normalized spacial score (nSPS) is 11.3. The third-order valence-electron chi connectivity index (χ3n) is 3.02. The molecule has 0 unspecified atom stereocenters. The van der Waals surface area contributed by atoms with E-state index in [4.69, 9.17) is 4.98 Å². The topological polar surface area (TPSA) is 24.9 Å². The minimum Gasteiger partial charge on any atom is -0.310 e. The minimum atomic E-state index is 0.509. The predicted molar refractivity (Wildman–Crippen MR) is 97.2 cm³/mol. The SMILES string of the molecule is CCc1nc(CSc2ccccc2Br)sc1CNC(C)C. The van der Waals surface area contributed by atoms with Crippen LogP contribution in [0.3, 0.4) is 0 Å². The van der Waals surface area contributed by atoms with E-state index in [1.165, 1.54) is 20.5 Å². The van der Waals surface area contributed by atoms with Gasteiger partial charge in [-0.2, -0.15) is 0 Å². The molecule has 2 nitrogen and oxygen atoms in total. The van der Waals surface area contributed by atoms with Crippen molar-refractivity contribution in [1.82, 2.24) is 10.3 Å². The fourth-order valence-electron chi connectivity index (χ4n) is 1.91. The standard InChI is InChI=1S/C16H21BrN2S2/c1-4-13-15(9-18-11(2)3)21-16(19-13)10-20-14-8-6-5-7-12(14)17/h5-8,11,18H,4,9-10H2,1-3H3. The summed E-state index contributed by atoms with van der Waals surface area (Å²) >= 11 is 7.28. The van der Waals surface area contributed by atoms with E-state index in [1.54, 1.807) is 0 Å². The van der Waals surface area contributed by atoms with Crippen LogP contribution in [-0.2, 0) is 18.7 Å². The summed E-state index contributed by atoms with van der Waals surface area (Å²) in [6.45, 7) is 7.46. The molecule has 5 heteroatoms. The highest BCUT2D eigenvalue weighted by atomic mass is 79.9. The molecule has 0 aliphatic carbocycles. The van der Waals surface area contributed by atoms with Crippen LogP contribution in [0, 0.1) is 0 Å². The second kappa shape index (κ2) is 8.32. The summed E-state index contributed by atoms with van der Waals surface area (Å²) in [6.07, 6.45) is 1.01. The maximum Gasteiger partial charge on any atom is 0.103 e. The molecule has 0 bridgehead atoms. The highest BCUT2D eigenvalue weighted by molar-refractivity contribution is 9.10. The van der Waals surface area contributed by atoms with E-state index in [0.29, 0.717) is 6.04 Å². The predicted octanol–water partition coefficient (Wildman–Crippen LogP) is 5.26. The van der Waals surface area contributed by atoms with Gasteiger partial charge in [0.05, 0.1) is 11.4 Å². The Bertz CT molecular complexity index is 581. The van der Waals surface area contributed by atoms with Crippen molar-refractivity contribution in [1.29, 1.82) is 0 Å². The molecule has 1 heterocycles. The quantitative estimate of drug-likeness (QED) is 0.659. The van der Waals surface area contributed by atoms with Crippen molar-refractivity contribution in [2.45, 2.75) is 50.4 Å². The molecule has 0 aliphatic heterocycles. The Morgan fingerprint density at radius 2 is 2.10 bits per heavy atom. The van der Waals surface area contributed by atoms with Crippen molar-refractivity contribution < 1.29 is 0 Å². The molecule has 0 fully saturated rings. The third kappa shape index (κ3) is 5.09. The number of nitrogens with one attached hydrogen (secondary N) is 1. The smallest absolute Gasteiger partial charge is 0.103 e. The molecule has 0 atom stereocenters. The molecule has 2 rings (SSSR count). The molecule has 21 heavy (non-hydrogen) atoms. The summed E-state index contributed by atoms with van der Waals surface area (Å²) in [6, 6.07) is 8.85. The van der Waals surface area contributed by atoms with Gasteiger partial charge in [-0.15, -0.1) is 23.1 Å². The number of hydrogen-bond acceptors (Lipinski definition) is 4. The van der Waals surface area contributed by atoms with Crippen LogP contribution >= 0.6 is 39.0 Å². The fourth-order valence-corrected chi connectivity index (χ4v) is 4.58. The third-order valence-corrected chi connectivity index (χ3v) is 6.34. The molecule has 0 spiro atoms. The van der Waals surface area contributed by atoms with Gasteiger partial charge in [-0.1, -0.05) is 32.9 Å². The van der Waals surface area contributed by atoms with Crippen LogP contribution in [0.2, 0.25) is 0 Å². The summed E-state index contributed by atoms with van der Waals surface area (Å²) < 4.78 is 1.16. The zero-order valence-corrected chi connectivity index (χ0v) is 15.9. The van der Waals surface area contributed by atoms with Gasteiger partial charge in [-0.25, -0.2) is 4.98 Å². The molecular weight excluding hydrogens is 364 g/mol. The Hall–Kier alpha value is -0.360. The molecule has 0 saturated heterocycles. The largest absolute Gasteiger partial charge is 0.310 e. The number of nitrogens with zero attached hydrogens (tertiary/aromatic N) is 1. The fraction of sp³-hybridized carbons (Fsp3) is 0.438. The lowest BCUT2D eigenvalue weighted by Crippen LogP contribution is -2.21. The Labute approximate surface area is 143 Å². The number of halogens is 1. The lowest BCUT2D eigenvalue weighted by atomic mass is 10.3. The van der Waals surface area contributed by atoms with E-state index in [-0.39, 0.29) is 0 Å². The van der Waals surface area contributed by atoms with Gasteiger partial charge >= 0.3 is 0 Å². The zero-order valence-electron chi connectivity index (χ0n) is 12.6. The van der Waals surface area contributed by atoms with E-state index in [2.05, 4.69) is 60.2 Å². The van der Waals surface area contributed by atoms with E-state index in [9.17, 15) is 0 Å². The van der Waals surface area contributed by atoms with Crippen LogP contribution in [0.5, 0.6) is 0 Å². The Kier molecular flexibility index (Phi) is 6.74. The average Bonchev–Trinajstić information content (AvgIpc) is 2.86. The lowest BCUT2D eigenvalue weighted by molar-refractivity contribution is 0.590. The first-order chi connectivity index (χ1) is 10.1. The van der Waals surface area contributed by atoms with E-state index >= 15 is 0 Å². The minimum absolute atomic E-state index is 0.509. The number of aromatic nitrogens is 1. The Balaban J connectivity index is 2.02. The summed E-state index contributed by atoms with van der Waals surface area (Å²) in [4.78, 5) is 7.45. The van der Waals surface area contributed by atoms with Crippen LogP contribution in [0.1, 0.15) is 36.3 Å². The number of rotatable bonds is 7. The van der Waals surface area contributed by atoms with E-state index in [0.717, 1.165) is 23.2 Å². The van der Waals surface area contributed by atoms with Gasteiger partial charge in [0.15, 0.2) is 0 Å². The second-order valence-corrected chi connectivity index (χ2v) is 8.13. The van der Waals surface area contributed by atoms with E-state index < -0.39 is 0 Å². The zero-order chi connectivity index (χ0) is 15.2. The summed E-state index contributed by atoms with van der Waals surface area (Å²) in [5, 5.41) is 4.70. The monoisotopic (exact) mass is 384 g/mol. The average molecular weight is 385 g/mol. The molecular formula is C16H21BrN2S2. The number of aryl methyl sites for hydroxylation is 1. The first kappa shape index (κ1) is 17.0. The first-order valence-electron chi connectivity index (χ1n) is 7.18. The molecule has 0 saturated carbocycles. The van der Waals surface area contributed by atoms with Crippen molar-refractivity contribution in [3.05, 3.63) is 44.3 Å². The Morgan fingerprint density at radius 3 is 2.76 bits per heavy atom. The van der Waals surface area contributed by atoms with Crippen molar-refractivity contribution in [3.8, 4) is 0 Å². The summed E-state index contributed by atoms with van der Waals surface area (Å²) in [7, 11) is 0. The molecule has 1 aromatic carbocycles. The van der Waals surface area contributed by atoms with Gasteiger partial charge in [0, 0.05) is 26.8 Å². The maximum atomic E-state index is 4.79. The molecule has 0 radical (unpaired) electrons. The van der Waals surface area contributed by atoms with Crippen molar-refractivity contribution in [2.24, 2.45) is 0 Å². The van der Waals surface area contributed by atoms with Crippen LogP contribution in [-0.4, -0.2) is 11.0 Å². The molecule has 1 N–H and O–H groups in total. The molecule has 2 aromatic rings. The van der Waals surface area contributed by atoms with Crippen LogP contribution in [0.15, 0.2) is 33.6 Å². The highest BCUT2D eigenvalue weighted by Crippen LogP contribution is 2.31. The van der Waals surface area contributed by atoms with Crippen molar-refractivity contribution in [2.75, 3.05) is 0 Å². The van der Waals surface area contributed by atoms with Crippen molar-refractivity contribution in [3.63, 3.8) is 0 Å². The van der Waals surface area contributed by atoms with E-state index in [1.807, 2.05) is 29.2 Å². The van der Waals surface area contributed by atoms with Crippen LogP contribution in [0.25, 0.3) is 0 Å². The first-order valence-corrected chi connectivity index (χ1v) is 9.77. The van der Waals surface area contributed by atoms with Crippen molar-refractivity contribution >= 4 is 39.0 Å². The van der Waals surface area contributed by atoms with Crippen LogP contribution in [0.4, 0.5) is 0 Å². The number of thioether (sulfide) groups is 1. The maximum absolute atomic E-state index is 4.79. The van der Waals surface area contributed by atoms with Crippen LogP contribution < -0.4 is 5.32 Å². The van der Waals surface area contributed by atoms with Gasteiger partial charge in [0.1, 0.15) is 5.01 Å². The van der Waals surface area contributed by atoms with Gasteiger partial charge in [0.25, 0.3) is 0 Å². The number of thiazole rings is 1. The van der Waals surface area contributed by atoms with Gasteiger partial charge in [-0.05, 0) is 34.5 Å². The summed E-state index contributed by atoms with van der Waals surface area (Å²) in [5.74, 6) is 0.932. The molecule has 1 aromatic heterocycles. The highest BCUT2D eigenvalue weighted by Gasteiger charge is 2.11.